The molecule has 96 valence electrons. The molecule has 0 unspecified atom stereocenters. The van der Waals surface area contributed by atoms with Gasteiger partial charge in [-0.3, -0.25) is 4.90 Å². The number of benzene rings is 1. The third-order valence-electron chi connectivity index (χ3n) is 2.55. The van der Waals surface area contributed by atoms with Gasteiger partial charge in [-0.15, -0.1) is 11.3 Å². The average molecular weight is 346 g/mol. The SMILES string of the molecule is Cc1nc(CN(C)Cc2ccc(Br)cc2Cl)cs1. The van der Waals surface area contributed by atoms with Gasteiger partial charge in [-0.1, -0.05) is 33.6 Å². The van der Waals surface area contributed by atoms with Crippen LogP contribution in [0.2, 0.25) is 5.02 Å². The van der Waals surface area contributed by atoms with Crippen LogP contribution in [-0.2, 0) is 13.1 Å². The molecule has 1 aromatic heterocycles. The van der Waals surface area contributed by atoms with Crippen molar-refractivity contribution in [3.63, 3.8) is 0 Å². The van der Waals surface area contributed by atoms with Crippen LogP contribution in [0.5, 0.6) is 0 Å². The van der Waals surface area contributed by atoms with Crippen molar-refractivity contribution in [1.82, 2.24) is 9.88 Å². The van der Waals surface area contributed by atoms with Crippen LogP contribution < -0.4 is 0 Å². The van der Waals surface area contributed by atoms with Crippen molar-refractivity contribution in [3.8, 4) is 0 Å². The smallest absolute Gasteiger partial charge is 0.0897 e. The molecule has 0 bridgehead atoms. The van der Waals surface area contributed by atoms with Gasteiger partial charge in [0.25, 0.3) is 0 Å². The van der Waals surface area contributed by atoms with Crippen LogP contribution in [0.25, 0.3) is 0 Å². The van der Waals surface area contributed by atoms with E-state index in [0.717, 1.165) is 38.8 Å². The van der Waals surface area contributed by atoms with E-state index in [4.69, 9.17) is 11.6 Å². The summed E-state index contributed by atoms with van der Waals surface area (Å²) in [6.07, 6.45) is 0. The number of thiazole rings is 1. The molecule has 0 fully saturated rings. The van der Waals surface area contributed by atoms with E-state index in [1.165, 1.54) is 0 Å². The Hall–Kier alpha value is -0.420. The summed E-state index contributed by atoms with van der Waals surface area (Å²) in [6, 6.07) is 6.00. The highest BCUT2D eigenvalue weighted by Gasteiger charge is 2.07. The first-order valence-corrected chi connectivity index (χ1v) is 7.63. The minimum absolute atomic E-state index is 0.797. The van der Waals surface area contributed by atoms with Gasteiger partial charge in [0.2, 0.25) is 0 Å². The molecule has 0 amide bonds. The van der Waals surface area contributed by atoms with Gasteiger partial charge in [0, 0.05) is 28.0 Å². The molecule has 0 N–H and O–H groups in total. The molecule has 2 rings (SSSR count). The lowest BCUT2D eigenvalue weighted by Crippen LogP contribution is -2.17. The van der Waals surface area contributed by atoms with Crippen LogP contribution in [-0.4, -0.2) is 16.9 Å². The standard InChI is InChI=1S/C13H14BrClN2S/c1-9-16-12(8-18-9)7-17(2)6-10-3-4-11(14)5-13(10)15/h3-5,8H,6-7H2,1-2H3. The van der Waals surface area contributed by atoms with Gasteiger partial charge >= 0.3 is 0 Å². The molecular formula is C13H14BrClN2S. The van der Waals surface area contributed by atoms with Crippen LogP contribution >= 0.6 is 38.9 Å². The van der Waals surface area contributed by atoms with Crippen LogP contribution in [0, 0.1) is 6.92 Å². The van der Waals surface area contributed by atoms with Crippen LogP contribution in [0.15, 0.2) is 28.1 Å². The van der Waals surface area contributed by atoms with Crippen molar-refractivity contribution in [2.75, 3.05) is 7.05 Å². The number of halogens is 2. The Morgan fingerprint density at radius 2 is 2.17 bits per heavy atom. The zero-order valence-electron chi connectivity index (χ0n) is 10.3. The Morgan fingerprint density at radius 1 is 1.39 bits per heavy atom. The molecule has 2 nitrogen and oxygen atoms in total. The maximum atomic E-state index is 6.21. The summed E-state index contributed by atoms with van der Waals surface area (Å²) in [5.74, 6) is 0. The monoisotopic (exact) mass is 344 g/mol. The summed E-state index contributed by atoms with van der Waals surface area (Å²) < 4.78 is 1.01. The van der Waals surface area contributed by atoms with Gasteiger partial charge in [0.05, 0.1) is 10.7 Å². The van der Waals surface area contributed by atoms with Gasteiger partial charge in [-0.05, 0) is 31.7 Å². The number of aryl methyl sites for hydroxylation is 1. The number of hydrogen-bond donors (Lipinski definition) is 0. The summed E-state index contributed by atoms with van der Waals surface area (Å²) in [4.78, 5) is 6.68. The Labute approximate surface area is 125 Å². The molecule has 0 aliphatic rings. The maximum Gasteiger partial charge on any atom is 0.0897 e. The highest BCUT2D eigenvalue weighted by Crippen LogP contribution is 2.22. The van der Waals surface area contributed by atoms with Crippen molar-refractivity contribution >= 4 is 38.9 Å². The Morgan fingerprint density at radius 3 is 2.78 bits per heavy atom. The topological polar surface area (TPSA) is 16.1 Å². The lowest BCUT2D eigenvalue weighted by Gasteiger charge is -2.16. The van der Waals surface area contributed by atoms with Gasteiger partial charge in [-0.25, -0.2) is 4.98 Å². The van der Waals surface area contributed by atoms with Crippen LogP contribution in [0.3, 0.4) is 0 Å². The first kappa shape index (κ1) is 14.0. The second kappa shape index (κ2) is 6.15. The largest absolute Gasteiger partial charge is 0.296 e. The fourth-order valence-corrected chi connectivity index (χ4v) is 3.09. The number of aromatic nitrogens is 1. The maximum absolute atomic E-state index is 6.21. The molecule has 0 saturated heterocycles. The lowest BCUT2D eigenvalue weighted by molar-refractivity contribution is 0.315. The van der Waals surface area contributed by atoms with Gasteiger partial charge < -0.3 is 0 Å². The second-order valence-electron chi connectivity index (χ2n) is 4.27. The first-order valence-electron chi connectivity index (χ1n) is 5.58. The minimum atomic E-state index is 0.797. The van der Waals surface area contributed by atoms with Gasteiger partial charge in [0.15, 0.2) is 0 Å². The van der Waals surface area contributed by atoms with Gasteiger partial charge in [0.1, 0.15) is 0 Å². The molecule has 1 aromatic carbocycles. The van der Waals surface area contributed by atoms with Crippen LogP contribution in [0.4, 0.5) is 0 Å². The third-order valence-corrected chi connectivity index (χ3v) is 4.22. The van der Waals surface area contributed by atoms with Crippen molar-refractivity contribution in [3.05, 3.63) is 49.3 Å². The summed E-state index contributed by atoms with van der Waals surface area (Å²) >= 11 is 11.3. The van der Waals surface area contributed by atoms with Crippen molar-refractivity contribution in [2.45, 2.75) is 20.0 Å². The molecule has 0 spiro atoms. The van der Waals surface area contributed by atoms with Crippen LogP contribution in [0.1, 0.15) is 16.3 Å². The molecular weight excluding hydrogens is 332 g/mol. The molecule has 18 heavy (non-hydrogen) atoms. The zero-order valence-corrected chi connectivity index (χ0v) is 13.4. The predicted octanol–water partition coefficient (Wildman–Crippen LogP) is 4.50. The van der Waals surface area contributed by atoms with Crippen molar-refractivity contribution < 1.29 is 0 Å². The first-order chi connectivity index (χ1) is 8.54. The summed E-state index contributed by atoms with van der Waals surface area (Å²) in [5.41, 5.74) is 2.25. The van der Waals surface area contributed by atoms with E-state index >= 15 is 0 Å². The molecule has 0 aliphatic heterocycles. The van der Waals surface area contributed by atoms with Crippen molar-refractivity contribution in [2.24, 2.45) is 0 Å². The molecule has 0 atom stereocenters. The molecule has 0 saturated carbocycles. The van der Waals surface area contributed by atoms with E-state index in [2.05, 4.69) is 44.3 Å². The van der Waals surface area contributed by atoms with E-state index in [-0.39, 0.29) is 0 Å². The zero-order chi connectivity index (χ0) is 13.1. The Kier molecular flexibility index (Phi) is 4.78. The Balaban J connectivity index is 2.00. The van der Waals surface area contributed by atoms with E-state index in [9.17, 15) is 0 Å². The van der Waals surface area contributed by atoms with E-state index in [1.807, 2.05) is 19.1 Å². The number of nitrogens with zero attached hydrogens (tertiary/aromatic N) is 2. The average Bonchev–Trinajstić information content (AvgIpc) is 2.68. The van der Waals surface area contributed by atoms with E-state index < -0.39 is 0 Å². The summed E-state index contributed by atoms with van der Waals surface area (Å²) in [6.45, 7) is 3.69. The molecule has 1 heterocycles. The van der Waals surface area contributed by atoms with Crippen molar-refractivity contribution in [1.29, 1.82) is 0 Å². The minimum Gasteiger partial charge on any atom is -0.296 e. The third kappa shape index (κ3) is 3.79. The predicted molar refractivity (Wildman–Crippen MR) is 81.2 cm³/mol. The summed E-state index contributed by atoms with van der Waals surface area (Å²) in [5, 5.41) is 4.01. The number of hydrogen-bond acceptors (Lipinski definition) is 3. The summed E-state index contributed by atoms with van der Waals surface area (Å²) in [7, 11) is 2.08. The molecule has 5 heteroatoms. The van der Waals surface area contributed by atoms with Gasteiger partial charge in [-0.2, -0.15) is 0 Å². The number of rotatable bonds is 4. The highest BCUT2D eigenvalue weighted by atomic mass is 79.9. The second-order valence-corrected chi connectivity index (χ2v) is 6.65. The fourth-order valence-electron chi connectivity index (χ4n) is 1.75. The fraction of sp³-hybridized carbons (Fsp3) is 0.308. The highest BCUT2D eigenvalue weighted by molar-refractivity contribution is 9.10. The van der Waals surface area contributed by atoms with E-state index in [0.29, 0.717) is 0 Å². The molecule has 2 aromatic rings. The normalized spacial score (nSPS) is 11.2. The molecule has 0 aliphatic carbocycles. The Bertz CT molecular complexity index is 542. The van der Waals surface area contributed by atoms with E-state index in [1.54, 1.807) is 11.3 Å². The lowest BCUT2D eigenvalue weighted by atomic mass is 10.2. The quantitative estimate of drug-likeness (QED) is 0.811. The molecule has 0 radical (unpaired) electrons.